The van der Waals surface area contributed by atoms with Gasteiger partial charge in [-0.15, -0.1) is 0 Å². The van der Waals surface area contributed by atoms with Crippen molar-refractivity contribution in [2.75, 3.05) is 25.0 Å². The van der Waals surface area contributed by atoms with Crippen LogP contribution in [0.2, 0.25) is 0 Å². The van der Waals surface area contributed by atoms with E-state index in [9.17, 15) is 0 Å². The summed E-state index contributed by atoms with van der Waals surface area (Å²) in [5.41, 5.74) is 4.88. The average molecular weight is 297 g/mol. The lowest BCUT2D eigenvalue weighted by molar-refractivity contribution is 0.585. The smallest absolute Gasteiger partial charge is 0.0970 e. The zero-order valence-electron chi connectivity index (χ0n) is 13.3. The third-order valence-corrected chi connectivity index (χ3v) is 4.16. The summed E-state index contributed by atoms with van der Waals surface area (Å²) in [5.74, 6) is 0.619. The number of rotatable bonds is 4. The fraction of sp³-hybridized carbons (Fsp3) is 0.412. The van der Waals surface area contributed by atoms with Crippen LogP contribution < -0.4 is 10.2 Å². The van der Waals surface area contributed by atoms with Gasteiger partial charge in [0.15, 0.2) is 0 Å². The predicted molar refractivity (Wildman–Crippen MR) is 90.7 cm³/mol. The summed E-state index contributed by atoms with van der Waals surface area (Å²) in [7, 11) is 1.95. The van der Waals surface area contributed by atoms with Gasteiger partial charge in [0.05, 0.1) is 18.6 Å². The number of fused-ring (bicyclic) bond motifs is 1. The first kappa shape index (κ1) is 14.8. The molecule has 0 atom stereocenters. The molecule has 1 aromatic heterocycles. The van der Waals surface area contributed by atoms with Crippen LogP contribution in [0.4, 0.5) is 5.69 Å². The van der Waals surface area contributed by atoms with Gasteiger partial charge < -0.3 is 10.2 Å². The van der Waals surface area contributed by atoms with E-state index in [-0.39, 0.29) is 0 Å². The summed E-state index contributed by atoms with van der Waals surface area (Å²) in [5, 5.41) is 15.5. The normalized spacial score (nSPS) is 14.0. The highest BCUT2D eigenvalue weighted by molar-refractivity contribution is 5.95. The molecular weight excluding hydrogens is 274 g/mol. The number of benzene rings is 1. The van der Waals surface area contributed by atoms with E-state index in [1.165, 1.54) is 16.8 Å². The Morgan fingerprint density at radius 3 is 3.00 bits per heavy atom. The molecule has 0 fully saturated rings. The number of likely N-dealkylation sites (N-methyl/N-ethyl adjacent to an activating group) is 1. The van der Waals surface area contributed by atoms with Gasteiger partial charge in [0.2, 0.25) is 0 Å². The van der Waals surface area contributed by atoms with E-state index in [1.807, 2.05) is 24.9 Å². The number of nitrogens with zero attached hydrogens (tertiary/aromatic N) is 3. The van der Waals surface area contributed by atoms with E-state index in [1.54, 1.807) is 0 Å². The molecule has 1 aliphatic heterocycles. The molecule has 0 amide bonds. The minimum atomic E-state index is 0.619. The molecule has 5 nitrogen and oxygen atoms in total. The van der Waals surface area contributed by atoms with Gasteiger partial charge in [0, 0.05) is 30.5 Å². The highest BCUT2D eigenvalue weighted by Gasteiger charge is 2.18. The standard InChI is InChI=1S/C17H23N5/c1-13(18)22-8-3-4-15-10-14(5-6-17(15)22)16-11-20-21(12-16)9-7-19-2/h5-6,10-12,18-19H,3-4,7-9H2,1-2H3. The van der Waals surface area contributed by atoms with E-state index >= 15 is 0 Å². The number of anilines is 1. The Kier molecular flexibility index (Phi) is 4.24. The van der Waals surface area contributed by atoms with E-state index in [4.69, 9.17) is 5.41 Å². The summed E-state index contributed by atoms with van der Waals surface area (Å²) in [6.45, 7) is 4.60. The van der Waals surface area contributed by atoms with Crippen molar-refractivity contribution < 1.29 is 0 Å². The van der Waals surface area contributed by atoms with Crippen LogP contribution >= 0.6 is 0 Å². The average Bonchev–Trinajstić information content (AvgIpc) is 3.00. The van der Waals surface area contributed by atoms with Gasteiger partial charge in [0.25, 0.3) is 0 Å². The predicted octanol–water partition coefficient (Wildman–Crippen LogP) is 2.52. The number of aryl methyl sites for hydroxylation is 1. The number of amidine groups is 1. The van der Waals surface area contributed by atoms with Gasteiger partial charge in [0.1, 0.15) is 0 Å². The fourth-order valence-electron chi connectivity index (χ4n) is 2.99. The Morgan fingerprint density at radius 1 is 1.36 bits per heavy atom. The van der Waals surface area contributed by atoms with E-state index < -0.39 is 0 Å². The molecule has 0 bridgehead atoms. The van der Waals surface area contributed by atoms with Crippen LogP contribution in [0.1, 0.15) is 18.9 Å². The molecule has 0 saturated carbocycles. The molecule has 2 N–H and O–H groups in total. The van der Waals surface area contributed by atoms with Gasteiger partial charge in [-0.25, -0.2) is 0 Å². The van der Waals surface area contributed by atoms with E-state index in [0.717, 1.165) is 38.0 Å². The van der Waals surface area contributed by atoms with Crippen molar-refractivity contribution in [2.24, 2.45) is 0 Å². The molecule has 2 aromatic rings. The SMILES string of the molecule is CNCCn1cc(-c2ccc3c(c2)CCCN3C(C)=N)cn1. The molecule has 2 heterocycles. The van der Waals surface area contributed by atoms with Crippen molar-refractivity contribution in [2.45, 2.75) is 26.3 Å². The molecule has 0 unspecified atom stereocenters. The maximum atomic E-state index is 7.91. The monoisotopic (exact) mass is 297 g/mol. The molecule has 0 radical (unpaired) electrons. The Hall–Kier alpha value is -2.14. The summed E-state index contributed by atoms with van der Waals surface area (Å²) < 4.78 is 1.97. The van der Waals surface area contributed by atoms with Gasteiger partial charge in [-0.1, -0.05) is 6.07 Å². The molecule has 3 rings (SSSR count). The van der Waals surface area contributed by atoms with Crippen LogP contribution in [-0.2, 0) is 13.0 Å². The Bertz CT molecular complexity index is 673. The largest absolute Gasteiger partial charge is 0.330 e. The quantitative estimate of drug-likeness (QED) is 0.673. The molecule has 1 aliphatic rings. The molecule has 1 aromatic carbocycles. The Labute approximate surface area is 131 Å². The number of nitrogens with one attached hydrogen (secondary N) is 2. The van der Waals surface area contributed by atoms with Gasteiger partial charge in [-0.3, -0.25) is 10.1 Å². The second-order valence-corrected chi connectivity index (χ2v) is 5.78. The topological polar surface area (TPSA) is 56.9 Å². The first-order valence-electron chi connectivity index (χ1n) is 7.82. The molecule has 0 aliphatic carbocycles. The lowest BCUT2D eigenvalue weighted by atomic mass is 9.97. The fourth-order valence-corrected chi connectivity index (χ4v) is 2.99. The maximum absolute atomic E-state index is 7.91. The van der Waals surface area contributed by atoms with Crippen molar-refractivity contribution in [3.8, 4) is 11.1 Å². The van der Waals surface area contributed by atoms with Crippen LogP contribution in [0, 0.1) is 5.41 Å². The van der Waals surface area contributed by atoms with Crippen molar-refractivity contribution in [1.82, 2.24) is 15.1 Å². The third-order valence-electron chi connectivity index (χ3n) is 4.16. The summed E-state index contributed by atoms with van der Waals surface area (Å²) in [6, 6.07) is 6.54. The van der Waals surface area contributed by atoms with Crippen LogP contribution in [0.25, 0.3) is 11.1 Å². The highest BCUT2D eigenvalue weighted by Crippen LogP contribution is 2.31. The lowest BCUT2D eigenvalue weighted by Gasteiger charge is -2.30. The lowest BCUT2D eigenvalue weighted by Crippen LogP contribution is -2.33. The number of hydrogen-bond donors (Lipinski definition) is 2. The zero-order valence-corrected chi connectivity index (χ0v) is 13.3. The Morgan fingerprint density at radius 2 is 2.23 bits per heavy atom. The maximum Gasteiger partial charge on any atom is 0.0970 e. The molecular formula is C17H23N5. The van der Waals surface area contributed by atoms with Crippen LogP contribution in [-0.4, -0.2) is 35.8 Å². The second kappa shape index (κ2) is 6.32. The van der Waals surface area contributed by atoms with Crippen molar-refractivity contribution in [3.05, 3.63) is 36.2 Å². The van der Waals surface area contributed by atoms with E-state index in [2.05, 4.69) is 39.7 Å². The summed E-state index contributed by atoms with van der Waals surface area (Å²) in [6.07, 6.45) is 6.22. The molecule has 116 valence electrons. The number of aromatic nitrogens is 2. The van der Waals surface area contributed by atoms with Gasteiger partial charge >= 0.3 is 0 Å². The number of hydrogen-bond acceptors (Lipinski definition) is 3. The molecule has 22 heavy (non-hydrogen) atoms. The van der Waals surface area contributed by atoms with Crippen LogP contribution in [0.5, 0.6) is 0 Å². The Balaban J connectivity index is 1.87. The first-order chi connectivity index (χ1) is 10.7. The molecule has 5 heteroatoms. The molecule has 0 saturated heterocycles. The zero-order chi connectivity index (χ0) is 15.5. The molecule has 0 spiro atoms. The first-order valence-corrected chi connectivity index (χ1v) is 7.82. The highest BCUT2D eigenvalue weighted by atomic mass is 15.3. The van der Waals surface area contributed by atoms with Crippen molar-refractivity contribution in [1.29, 1.82) is 5.41 Å². The van der Waals surface area contributed by atoms with Crippen LogP contribution in [0.3, 0.4) is 0 Å². The van der Waals surface area contributed by atoms with Gasteiger partial charge in [-0.2, -0.15) is 5.10 Å². The third kappa shape index (κ3) is 2.90. The van der Waals surface area contributed by atoms with Crippen molar-refractivity contribution >= 4 is 11.5 Å². The summed E-state index contributed by atoms with van der Waals surface area (Å²) >= 11 is 0. The second-order valence-electron chi connectivity index (χ2n) is 5.78. The van der Waals surface area contributed by atoms with Crippen molar-refractivity contribution in [3.63, 3.8) is 0 Å². The minimum Gasteiger partial charge on any atom is -0.330 e. The van der Waals surface area contributed by atoms with E-state index in [0.29, 0.717) is 5.84 Å². The minimum absolute atomic E-state index is 0.619. The summed E-state index contributed by atoms with van der Waals surface area (Å²) in [4.78, 5) is 2.10. The van der Waals surface area contributed by atoms with Gasteiger partial charge in [-0.05, 0) is 50.1 Å². The van der Waals surface area contributed by atoms with Crippen LogP contribution in [0.15, 0.2) is 30.6 Å².